The molecule has 5 heterocycles. The predicted molar refractivity (Wildman–Crippen MR) is 155 cm³/mol. The number of halogens is 3. The van der Waals surface area contributed by atoms with Gasteiger partial charge in [-0.1, -0.05) is 18.2 Å². The predicted octanol–water partition coefficient (Wildman–Crippen LogP) is 4.93. The van der Waals surface area contributed by atoms with Crippen LogP contribution in [0.2, 0.25) is 0 Å². The van der Waals surface area contributed by atoms with Crippen LogP contribution < -0.4 is 4.90 Å². The van der Waals surface area contributed by atoms with Crippen LogP contribution >= 0.6 is 0 Å². The van der Waals surface area contributed by atoms with E-state index in [2.05, 4.69) is 20.1 Å². The van der Waals surface area contributed by atoms with Crippen molar-refractivity contribution in [2.45, 2.75) is 69.1 Å². The number of fused-ring (bicyclic) bond motifs is 4. The molecule has 10 nitrogen and oxygen atoms in total. The van der Waals surface area contributed by atoms with Crippen molar-refractivity contribution in [1.29, 1.82) is 0 Å². The van der Waals surface area contributed by atoms with Crippen LogP contribution in [0.5, 0.6) is 0 Å². The molecule has 44 heavy (non-hydrogen) atoms. The summed E-state index contributed by atoms with van der Waals surface area (Å²) < 4.78 is 70.8. The summed E-state index contributed by atoms with van der Waals surface area (Å²) in [5.41, 5.74) is 2.51. The Hall–Kier alpha value is -4.04. The summed E-state index contributed by atoms with van der Waals surface area (Å²) >= 11 is 0. The largest absolute Gasteiger partial charge is 0.481 e. The lowest BCUT2D eigenvalue weighted by Crippen LogP contribution is -2.49. The molecule has 4 aromatic rings. The molecular weight excluding hydrogens is 597 g/mol. The molecule has 6 rings (SSSR count). The van der Waals surface area contributed by atoms with Gasteiger partial charge in [-0.05, 0) is 79.6 Å². The minimum Gasteiger partial charge on any atom is -0.481 e. The molecule has 0 aliphatic carbocycles. The smallest absolute Gasteiger partial charge is 0.452 e. The number of anilines is 1. The van der Waals surface area contributed by atoms with Gasteiger partial charge in [0.25, 0.3) is 0 Å². The number of sulfonamides is 1. The summed E-state index contributed by atoms with van der Waals surface area (Å²) in [4.78, 5) is 18.7. The van der Waals surface area contributed by atoms with Crippen molar-refractivity contribution in [2.75, 3.05) is 18.0 Å². The van der Waals surface area contributed by atoms with Gasteiger partial charge in [-0.3, -0.25) is 9.20 Å². The first-order valence-corrected chi connectivity index (χ1v) is 15.6. The molecule has 0 saturated carbocycles. The molecule has 1 N–H and O–H groups in total. The number of hydrogen-bond acceptors (Lipinski definition) is 7. The molecule has 1 aromatic carbocycles. The third-order valence-electron chi connectivity index (χ3n) is 8.89. The molecule has 0 radical (unpaired) electrons. The highest BCUT2D eigenvalue weighted by Crippen LogP contribution is 2.42. The van der Waals surface area contributed by atoms with E-state index >= 15 is 0 Å². The molecule has 14 heteroatoms. The second-order valence-corrected chi connectivity index (χ2v) is 13.7. The second-order valence-electron chi connectivity index (χ2n) is 11.8. The number of aromatic nitrogens is 4. The van der Waals surface area contributed by atoms with Gasteiger partial charge in [0, 0.05) is 37.9 Å². The summed E-state index contributed by atoms with van der Waals surface area (Å²) in [7, 11) is -3.93. The third kappa shape index (κ3) is 4.99. The number of pyridine rings is 2. The van der Waals surface area contributed by atoms with Crippen LogP contribution in [0, 0.1) is 13.8 Å². The van der Waals surface area contributed by atoms with E-state index in [1.165, 1.54) is 16.6 Å². The fourth-order valence-corrected chi connectivity index (χ4v) is 8.28. The molecule has 0 unspecified atom stereocenters. The molecule has 0 spiro atoms. The Bertz CT molecular complexity index is 1890. The standard InChI is InChI=1S/C30H31F3N6O4S/c1-18-7-8-20(23(15-25(40)41)22-9-13-38-26(19(22)2)35-36-28(38)30(31,32)33)14-21(18)16-37-17-29(3)10-5-12-39(29)27-24(44(37,42)43)6-4-11-34-27/h4,6-9,11,13-14,23H,5,10,12,15-17H2,1-3H3,(H,40,41)/t23-,29-/m0/s1. The highest BCUT2D eigenvalue weighted by Gasteiger charge is 2.47. The van der Waals surface area contributed by atoms with Gasteiger partial charge in [0.1, 0.15) is 10.7 Å². The number of carboxylic acid groups (broad SMARTS) is 1. The molecule has 232 valence electrons. The first kappa shape index (κ1) is 30.0. The Morgan fingerprint density at radius 3 is 2.66 bits per heavy atom. The van der Waals surface area contributed by atoms with Crippen molar-refractivity contribution < 1.29 is 31.5 Å². The van der Waals surface area contributed by atoms with Crippen LogP contribution in [0.1, 0.15) is 65.7 Å². The van der Waals surface area contributed by atoms with Gasteiger partial charge < -0.3 is 10.0 Å². The second kappa shape index (κ2) is 10.5. The lowest BCUT2D eigenvalue weighted by molar-refractivity contribution is -0.145. The Labute approximate surface area is 252 Å². The van der Waals surface area contributed by atoms with Gasteiger partial charge in [-0.15, -0.1) is 10.2 Å². The number of rotatable bonds is 6. The average Bonchev–Trinajstić information content (AvgIpc) is 3.56. The first-order chi connectivity index (χ1) is 20.7. The van der Waals surface area contributed by atoms with E-state index in [-0.39, 0.29) is 30.1 Å². The van der Waals surface area contributed by atoms with E-state index in [0.29, 0.717) is 34.6 Å². The van der Waals surface area contributed by atoms with E-state index < -0.39 is 39.5 Å². The van der Waals surface area contributed by atoms with Crippen LogP contribution in [0.25, 0.3) is 5.65 Å². The summed E-state index contributed by atoms with van der Waals surface area (Å²) in [6.45, 7) is 6.50. The zero-order valence-electron chi connectivity index (χ0n) is 24.3. The van der Waals surface area contributed by atoms with Crippen LogP contribution in [0.15, 0.2) is 53.7 Å². The maximum absolute atomic E-state index is 14.0. The lowest BCUT2D eigenvalue weighted by atomic mass is 9.85. The first-order valence-electron chi connectivity index (χ1n) is 14.2. The minimum absolute atomic E-state index is 0.0187. The summed E-state index contributed by atoms with van der Waals surface area (Å²) in [5, 5.41) is 16.9. The number of aryl methyl sites for hydroxylation is 2. The van der Waals surface area contributed by atoms with E-state index in [4.69, 9.17) is 0 Å². The van der Waals surface area contributed by atoms with Crippen molar-refractivity contribution in [3.05, 3.63) is 82.4 Å². The lowest BCUT2D eigenvalue weighted by Gasteiger charge is -2.36. The normalized spacial score (nSPS) is 20.7. The van der Waals surface area contributed by atoms with Gasteiger partial charge >= 0.3 is 12.1 Å². The Kier molecular flexibility index (Phi) is 7.19. The number of carboxylic acids is 1. The molecule has 1 saturated heterocycles. The topological polar surface area (TPSA) is 121 Å². The maximum Gasteiger partial charge on any atom is 0.452 e. The van der Waals surface area contributed by atoms with Gasteiger partial charge in [-0.2, -0.15) is 17.5 Å². The number of benzene rings is 1. The van der Waals surface area contributed by atoms with Crippen LogP contribution in [-0.2, 0) is 27.5 Å². The Balaban J connectivity index is 1.41. The van der Waals surface area contributed by atoms with Crippen LogP contribution in [-0.4, -0.2) is 62.0 Å². The fraction of sp³-hybridized carbons (Fsp3) is 0.400. The van der Waals surface area contributed by atoms with Gasteiger partial charge in [0.05, 0.1) is 12.0 Å². The molecule has 0 amide bonds. The van der Waals surface area contributed by atoms with Crippen LogP contribution in [0.3, 0.4) is 0 Å². The van der Waals surface area contributed by atoms with E-state index in [1.54, 1.807) is 37.4 Å². The average molecular weight is 629 g/mol. The fourth-order valence-electron chi connectivity index (χ4n) is 6.60. The Morgan fingerprint density at radius 2 is 1.93 bits per heavy atom. The quantitative estimate of drug-likeness (QED) is 0.319. The number of carbonyl (C=O) groups is 1. The molecule has 3 aromatic heterocycles. The Morgan fingerprint density at radius 1 is 1.16 bits per heavy atom. The van der Waals surface area contributed by atoms with E-state index in [1.807, 2.05) is 19.9 Å². The summed E-state index contributed by atoms with van der Waals surface area (Å²) in [5.74, 6) is -2.55. The molecule has 1 fully saturated rings. The summed E-state index contributed by atoms with van der Waals surface area (Å²) in [6.07, 6.45) is -0.541. The zero-order chi connectivity index (χ0) is 31.6. The molecule has 0 bridgehead atoms. The van der Waals surface area contributed by atoms with Gasteiger partial charge in [0.15, 0.2) is 5.65 Å². The minimum atomic E-state index is -4.71. The van der Waals surface area contributed by atoms with E-state index in [9.17, 15) is 31.5 Å². The van der Waals surface area contributed by atoms with Gasteiger partial charge in [-0.25, -0.2) is 13.4 Å². The van der Waals surface area contributed by atoms with E-state index in [0.717, 1.165) is 22.8 Å². The van der Waals surface area contributed by atoms with Gasteiger partial charge in [0.2, 0.25) is 15.8 Å². The number of aliphatic carboxylic acids is 1. The SMILES string of the molecule is Cc1ccc([C@H](CC(=O)O)c2ccn3c(C(F)(F)F)nnc3c2C)cc1CN1C[C@]2(C)CCCN2c2ncccc2S1(=O)=O. The maximum atomic E-state index is 14.0. The van der Waals surface area contributed by atoms with Crippen molar-refractivity contribution in [1.82, 2.24) is 23.9 Å². The highest BCUT2D eigenvalue weighted by molar-refractivity contribution is 7.89. The molecule has 2 atom stereocenters. The molecule has 2 aliphatic heterocycles. The van der Waals surface area contributed by atoms with Crippen LogP contribution in [0.4, 0.5) is 19.0 Å². The number of alkyl halides is 3. The van der Waals surface area contributed by atoms with Crippen molar-refractivity contribution >= 4 is 27.5 Å². The number of hydrogen-bond donors (Lipinski definition) is 1. The highest BCUT2D eigenvalue weighted by atomic mass is 32.2. The zero-order valence-corrected chi connectivity index (χ0v) is 25.2. The van der Waals surface area contributed by atoms with Crippen molar-refractivity contribution in [2.24, 2.45) is 0 Å². The van der Waals surface area contributed by atoms with Crippen molar-refractivity contribution in [3.63, 3.8) is 0 Å². The summed E-state index contributed by atoms with van der Waals surface area (Å²) in [6, 6.07) is 10.0. The third-order valence-corrected chi connectivity index (χ3v) is 10.7. The van der Waals surface area contributed by atoms with Crippen molar-refractivity contribution in [3.8, 4) is 0 Å². The monoisotopic (exact) mass is 628 g/mol. The molecular formula is C30H31F3N6O4S. The number of nitrogens with zero attached hydrogens (tertiary/aromatic N) is 6. The molecule has 2 aliphatic rings.